The van der Waals surface area contributed by atoms with E-state index in [2.05, 4.69) is 15.5 Å². The van der Waals surface area contributed by atoms with Gasteiger partial charge in [-0.25, -0.2) is 0 Å². The minimum atomic E-state index is 0.181. The summed E-state index contributed by atoms with van der Waals surface area (Å²) in [5.41, 5.74) is 1.26. The van der Waals surface area contributed by atoms with E-state index in [4.69, 9.17) is 0 Å². The van der Waals surface area contributed by atoms with Gasteiger partial charge in [0.1, 0.15) is 11.3 Å². The normalized spacial score (nSPS) is 11.1. The van der Waals surface area contributed by atoms with Crippen molar-refractivity contribution in [3.63, 3.8) is 0 Å². The van der Waals surface area contributed by atoms with Crippen LogP contribution in [0.2, 0.25) is 0 Å². The summed E-state index contributed by atoms with van der Waals surface area (Å²) in [5.74, 6) is 0.181. The highest BCUT2D eigenvalue weighted by Crippen LogP contribution is 2.23. The van der Waals surface area contributed by atoms with Gasteiger partial charge < -0.3 is 5.11 Å². The van der Waals surface area contributed by atoms with Crippen LogP contribution in [0.1, 0.15) is 0 Å². The summed E-state index contributed by atoms with van der Waals surface area (Å²) < 4.78 is 1.52. The summed E-state index contributed by atoms with van der Waals surface area (Å²) in [4.78, 5) is 0. The Labute approximate surface area is 78.6 Å². The van der Waals surface area contributed by atoms with E-state index in [9.17, 15) is 5.11 Å². The lowest BCUT2D eigenvalue weighted by atomic mass is 10.2. The molecule has 0 fully saturated rings. The van der Waals surface area contributed by atoms with Gasteiger partial charge in [-0.15, -0.1) is 5.10 Å². The number of phenolic OH excluding ortho intramolecular Hbond substituents is 1. The van der Waals surface area contributed by atoms with Crippen molar-refractivity contribution in [1.29, 1.82) is 0 Å². The largest absolute Gasteiger partial charge is 0.506 e. The van der Waals surface area contributed by atoms with Gasteiger partial charge in [0.25, 0.3) is 0 Å². The minimum Gasteiger partial charge on any atom is -0.506 e. The fourth-order valence-corrected chi connectivity index (χ4v) is 1.54. The van der Waals surface area contributed by atoms with Crippen molar-refractivity contribution in [3.8, 4) is 5.75 Å². The van der Waals surface area contributed by atoms with Crippen LogP contribution in [0.3, 0.4) is 0 Å². The van der Waals surface area contributed by atoms with Crippen molar-refractivity contribution in [2.45, 2.75) is 0 Å². The van der Waals surface area contributed by atoms with Crippen LogP contribution < -0.4 is 0 Å². The van der Waals surface area contributed by atoms with Crippen LogP contribution in [-0.2, 0) is 0 Å². The molecule has 0 aliphatic rings. The molecule has 2 aromatic heterocycles. The topological polar surface area (TPSA) is 63.3 Å². The van der Waals surface area contributed by atoms with E-state index < -0.39 is 0 Å². The van der Waals surface area contributed by atoms with Gasteiger partial charge in [-0.2, -0.15) is 4.52 Å². The van der Waals surface area contributed by atoms with Crippen LogP contribution in [0.25, 0.3) is 16.6 Å². The standard InChI is InChI=1S/C9H6N4O/c14-7-3-1-2-6-4-5-8-10-11-12-13(8)9(6)7/h1-5,14H. The molecule has 1 aromatic carbocycles. The Morgan fingerprint density at radius 2 is 2.07 bits per heavy atom. The molecule has 0 aliphatic heterocycles. The number of benzene rings is 1. The number of pyridine rings is 1. The molecule has 5 heteroatoms. The van der Waals surface area contributed by atoms with Crippen LogP contribution in [0, 0.1) is 0 Å². The van der Waals surface area contributed by atoms with Gasteiger partial charge in [0.15, 0.2) is 5.65 Å². The smallest absolute Gasteiger partial charge is 0.180 e. The Morgan fingerprint density at radius 1 is 1.14 bits per heavy atom. The third-order valence-electron chi connectivity index (χ3n) is 2.16. The fraction of sp³-hybridized carbons (Fsp3) is 0. The molecule has 0 saturated carbocycles. The SMILES string of the molecule is Oc1cccc2ccc3nnnn3c12. The van der Waals surface area contributed by atoms with Gasteiger partial charge in [-0.05, 0) is 28.6 Å². The van der Waals surface area contributed by atoms with Crippen molar-refractivity contribution in [3.05, 3.63) is 30.3 Å². The lowest BCUT2D eigenvalue weighted by Crippen LogP contribution is -1.90. The number of aromatic hydroxyl groups is 1. The van der Waals surface area contributed by atoms with Crippen LogP contribution >= 0.6 is 0 Å². The molecule has 0 atom stereocenters. The first-order valence-corrected chi connectivity index (χ1v) is 4.15. The number of tetrazole rings is 1. The molecule has 68 valence electrons. The minimum absolute atomic E-state index is 0.181. The van der Waals surface area contributed by atoms with Crippen molar-refractivity contribution >= 4 is 16.6 Å². The van der Waals surface area contributed by atoms with Crippen molar-refractivity contribution < 1.29 is 5.11 Å². The molecule has 3 rings (SSSR count). The van der Waals surface area contributed by atoms with Crippen LogP contribution in [-0.4, -0.2) is 25.1 Å². The first-order valence-electron chi connectivity index (χ1n) is 4.15. The molecule has 0 aliphatic carbocycles. The molecule has 5 nitrogen and oxygen atoms in total. The number of para-hydroxylation sites is 1. The highest BCUT2D eigenvalue weighted by atomic mass is 16.3. The number of aromatic nitrogens is 4. The predicted molar refractivity (Wildman–Crippen MR) is 50.0 cm³/mol. The zero-order valence-corrected chi connectivity index (χ0v) is 7.12. The average molecular weight is 186 g/mol. The lowest BCUT2D eigenvalue weighted by molar-refractivity contribution is 0.479. The summed E-state index contributed by atoms with van der Waals surface area (Å²) in [6.45, 7) is 0. The molecule has 2 heterocycles. The van der Waals surface area contributed by atoms with Crippen LogP contribution in [0.15, 0.2) is 30.3 Å². The quantitative estimate of drug-likeness (QED) is 0.568. The van der Waals surface area contributed by atoms with Crippen molar-refractivity contribution in [2.24, 2.45) is 0 Å². The Morgan fingerprint density at radius 3 is 3.00 bits per heavy atom. The Bertz CT molecular complexity index is 616. The Hall–Kier alpha value is -2.17. The molecule has 3 aromatic rings. The van der Waals surface area contributed by atoms with E-state index in [1.165, 1.54) is 4.52 Å². The molecule has 0 bridgehead atoms. The molecule has 0 amide bonds. The van der Waals surface area contributed by atoms with E-state index in [0.717, 1.165) is 5.39 Å². The predicted octanol–water partition coefficient (Wildman–Crippen LogP) is 0.983. The number of fused-ring (bicyclic) bond motifs is 3. The number of rotatable bonds is 0. The van der Waals surface area contributed by atoms with Crippen molar-refractivity contribution in [1.82, 2.24) is 20.0 Å². The molecule has 0 spiro atoms. The first-order chi connectivity index (χ1) is 6.86. The van der Waals surface area contributed by atoms with E-state index in [0.29, 0.717) is 11.2 Å². The zero-order valence-electron chi connectivity index (χ0n) is 7.12. The fourth-order valence-electron chi connectivity index (χ4n) is 1.54. The number of hydrogen-bond acceptors (Lipinski definition) is 4. The second-order valence-electron chi connectivity index (χ2n) is 3.00. The molecule has 0 saturated heterocycles. The molecule has 0 unspecified atom stereocenters. The third kappa shape index (κ3) is 0.806. The van der Waals surface area contributed by atoms with E-state index in [1.807, 2.05) is 18.2 Å². The molecule has 14 heavy (non-hydrogen) atoms. The van der Waals surface area contributed by atoms with Gasteiger partial charge in [0, 0.05) is 5.39 Å². The molecular weight excluding hydrogens is 180 g/mol. The van der Waals surface area contributed by atoms with Crippen LogP contribution in [0.5, 0.6) is 5.75 Å². The van der Waals surface area contributed by atoms with Crippen molar-refractivity contribution in [2.75, 3.05) is 0 Å². The number of nitrogens with zero attached hydrogens (tertiary/aromatic N) is 4. The zero-order chi connectivity index (χ0) is 9.54. The number of phenols is 1. The summed E-state index contributed by atoms with van der Waals surface area (Å²) in [7, 11) is 0. The van der Waals surface area contributed by atoms with Gasteiger partial charge in [-0.3, -0.25) is 0 Å². The molecule has 0 radical (unpaired) electrons. The summed E-state index contributed by atoms with van der Waals surface area (Å²) in [6.07, 6.45) is 0. The molecular formula is C9H6N4O. The van der Waals surface area contributed by atoms with E-state index in [-0.39, 0.29) is 5.75 Å². The lowest BCUT2D eigenvalue weighted by Gasteiger charge is -2.00. The maximum atomic E-state index is 9.67. The summed E-state index contributed by atoms with van der Waals surface area (Å²) >= 11 is 0. The van der Waals surface area contributed by atoms with E-state index in [1.54, 1.807) is 12.1 Å². The van der Waals surface area contributed by atoms with Gasteiger partial charge in [0.2, 0.25) is 0 Å². The average Bonchev–Trinajstić information content (AvgIpc) is 2.65. The summed E-state index contributed by atoms with van der Waals surface area (Å²) in [5, 5.41) is 21.7. The Kier molecular flexibility index (Phi) is 1.25. The maximum absolute atomic E-state index is 9.67. The van der Waals surface area contributed by atoms with Gasteiger partial charge in [-0.1, -0.05) is 12.1 Å². The molecule has 1 N–H and O–H groups in total. The highest BCUT2D eigenvalue weighted by Gasteiger charge is 2.05. The van der Waals surface area contributed by atoms with E-state index >= 15 is 0 Å². The third-order valence-corrected chi connectivity index (χ3v) is 2.16. The highest BCUT2D eigenvalue weighted by molar-refractivity contribution is 5.86. The maximum Gasteiger partial charge on any atom is 0.180 e. The summed E-state index contributed by atoms with van der Waals surface area (Å²) in [6, 6.07) is 8.98. The van der Waals surface area contributed by atoms with Crippen LogP contribution in [0.4, 0.5) is 0 Å². The van der Waals surface area contributed by atoms with Gasteiger partial charge in [0.05, 0.1) is 0 Å². The Balaban J connectivity index is 2.67. The number of hydrogen-bond donors (Lipinski definition) is 1. The first kappa shape index (κ1) is 7.25. The van der Waals surface area contributed by atoms with Gasteiger partial charge >= 0.3 is 0 Å². The monoisotopic (exact) mass is 186 g/mol. The second kappa shape index (κ2) is 2.41. The second-order valence-corrected chi connectivity index (χ2v) is 3.00.